The van der Waals surface area contributed by atoms with Gasteiger partial charge in [0, 0.05) is 18.2 Å². The smallest absolute Gasteiger partial charge is 0.265 e. The molecule has 1 fully saturated rings. The van der Waals surface area contributed by atoms with Gasteiger partial charge in [-0.15, -0.1) is 0 Å². The van der Waals surface area contributed by atoms with Gasteiger partial charge in [0.25, 0.3) is 5.91 Å². The number of nitrogen functional groups attached to an aromatic ring is 1. The van der Waals surface area contributed by atoms with Gasteiger partial charge in [-0.25, -0.2) is 5.84 Å². The average molecular weight is 277 g/mol. The van der Waals surface area contributed by atoms with Gasteiger partial charge in [0.15, 0.2) is 0 Å². The van der Waals surface area contributed by atoms with Gasteiger partial charge < -0.3 is 4.74 Å². The number of hydrogen-bond acceptors (Lipinski definition) is 4. The Kier molecular flexibility index (Phi) is 5.38. The highest BCUT2D eigenvalue weighted by molar-refractivity contribution is 5.94. The molecule has 0 aliphatic carbocycles. The van der Waals surface area contributed by atoms with Crippen molar-refractivity contribution < 1.29 is 9.53 Å². The number of benzene rings is 1. The number of rotatable bonds is 5. The highest BCUT2D eigenvalue weighted by Gasteiger charge is 2.17. The topological polar surface area (TPSA) is 67.6 Å². The number of hydrazine groups is 1. The van der Waals surface area contributed by atoms with E-state index in [2.05, 4.69) is 17.2 Å². The quantitative estimate of drug-likeness (QED) is 0.487. The lowest BCUT2D eigenvalue weighted by atomic mass is 10.0. The molecule has 1 aliphatic rings. The third-order valence-corrected chi connectivity index (χ3v) is 3.82. The molecular formula is C15H23N3O2. The lowest BCUT2D eigenvalue weighted by Crippen LogP contribution is -2.39. The molecule has 1 aliphatic heterocycles. The van der Waals surface area contributed by atoms with Crippen molar-refractivity contribution >= 4 is 5.91 Å². The first-order valence-corrected chi connectivity index (χ1v) is 7.18. The van der Waals surface area contributed by atoms with E-state index in [1.165, 1.54) is 19.3 Å². The number of nitrogens with zero attached hydrogens (tertiary/aromatic N) is 1. The van der Waals surface area contributed by atoms with Gasteiger partial charge in [-0.05, 0) is 44.5 Å². The Bertz CT molecular complexity index is 450. The molecule has 1 saturated heterocycles. The minimum atomic E-state index is -0.305. The molecule has 0 bridgehead atoms. The maximum atomic E-state index is 11.4. The molecular weight excluding hydrogens is 254 g/mol. The van der Waals surface area contributed by atoms with E-state index in [-0.39, 0.29) is 5.91 Å². The summed E-state index contributed by atoms with van der Waals surface area (Å²) in [6, 6.07) is 7.71. The normalized spacial score (nSPS) is 19.6. The Morgan fingerprint density at radius 1 is 1.50 bits per heavy atom. The van der Waals surface area contributed by atoms with E-state index in [1.54, 1.807) is 18.2 Å². The van der Waals surface area contributed by atoms with Crippen LogP contribution in [0, 0.1) is 0 Å². The van der Waals surface area contributed by atoms with Gasteiger partial charge in [0.2, 0.25) is 0 Å². The lowest BCUT2D eigenvalue weighted by Gasteiger charge is -2.33. The Morgan fingerprint density at radius 3 is 3.10 bits per heavy atom. The van der Waals surface area contributed by atoms with E-state index in [9.17, 15) is 4.79 Å². The Hall–Kier alpha value is -1.59. The highest BCUT2D eigenvalue weighted by Crippen LogP contribution is 2.17. The monoisotopic (exact) mass is 277 g/mol. The van der Waals surface area contributed by atoms with Gasteiger partial charge in [0.1, 0.15) is 12.4 Å². The summed E-state index contributed by atoms with van der Waals surface area (Å²) >= 11 is 0. The van der Waals surface area contributed by atoms with Crippen LogP contribution < -0.4 is 16.0 Å². The molecule has 3 N–H and O–H groups in total. The molecule has 20 heavy (non-hydrogen) atoms. The van der Waals surface area contributed by atoms with Crippen LogP contribution in [0.1, 0.15) is 36.5 Å². The fourth-order valence-corrected chi connectivity index (χ4v) is 2.58. The first kappa shape index (κ1) is 14.8. The molecule has 1 atom stereocenters. The third-order valence-electron chi connectivity index (χ3n) is 3.82. The predicted molar refractivity (Wildman–Crippen MR) is 78.5 cm³/mol. The van der Waals surface area contributed by atoms with Crippen molar-refractivity contribution in [3.05, 3.63) is 29.8 Å². The predicted octanol–water partition coefficient (Wildman–Crippen LogP) is 1.54. The molecule has 1 amide bonds. The number of hydrogen-bond donors (Lipinski definition) is 2. The van der Waals surface area contributed by atoms with Crippen molar-refractivity contribution in [3.8, 4) is 5.75 Å². The fourth-order valence-electron chi connectivity index (χ4n) is 2.58. The number of piperidine rings is 1. The number of likely N-dealkylation sites (tertiary alicyclic amines) is 1. The van der Waals surface area contributed by atoms with Gasteiger partial charge in [-0.1, -0.05) is 12.5 Å². The van der Waals surface area contributed by atoms with E-state index in [0.29, 0.717) is 24.0 Å². The first-order chi connectivity index (χ1) is 9.70. The average Bonchev–Trinajstić information content (AvgIpc) is 2.49. The zero-order valence-electron chi connectivity index (χ0n) is 12.0. The van der Waals surface area contributed by atoms with E-state index >= 15 is 0 Å². The van der Waals surface area contributed by atoms with Gasteiger partial charge in [0.05, 0.1) is 0 Å². The molecule has 1 heterocycles. The lowest BCUT2D eigenvalue weighted by molar-refractivity contribution is 0.0953. The van der Waals surface area contributed by atoms with Crippen molar-refractivity contribution in [2.75, 3.05) is 19.7 Å². The number of nitrogens with two attached hydrogens (primary N) is 1. The molecule has 1 aromatic rings. The van der Waals surface area contributed by atoms with Crippen LogP contribution in [0.2, 0.25) is 0 Å². The van der Waals surface area contributed by atoms with Crippen LogP contribution in [-0.4, -0.2) is 36.5 Å². The van der Waals surface area contributed by atoms with Crippen molar-refractivity contribution in [1.82, 2.24) is 10.3 Å². The molecule has 1 unspecified atom stereocenters. The molecule has 0 spiro atoms. The first-order valence-electron chi connectivity index (χ1n) is 7.18. The fraction of sp³-hybridized carbons (Fsp3) is 0.533. The van der Waals surface area contributed by atoms with E-state index in [1.807, 2.05) is 6.07 Å². The van der Waals surface area contributed by atoms with Crippen LogP contribution in [-0.2, 0) is 0 Å². The SMILES string of the molecule is CC1CCCCN1CCOc1cccc(C(=O)NN)c1. The van der Waals surface area contributed by atoms with Crippen LogP contribution in [0.5, 0.6) is 5.75 Å². The maximum Gasteiger partial charge on any atom is 0.265 e. The zero-order chi connectivity index (χ0) is 14.4. The van der Waals surface area contributed by atoms with Crippen molar-refractivity contribution in [2.45, 2.75) is 32.2 Å². The van der Waals surface area contributed by atoms with E-state index in [0.717, 1.165) is 13.1 Å². The Labute approximate surface area is 120 Å². The van der Waals surface area contributed by atoms with Crippen molar-refractivity contribution in [1.29, 1.82) is 0 Å². The summed E-state index contributed by atoms with van der Waals surface area (Å²) in [6.45, 7) is 4.98. The maximum absolute atomic E-state index is 11.4. The van der Waals surface area contributed by atoms with Crippen LogP contribution >= 0.6 is 0 Å². The van der Waals surface area contributed by atoms with Crippen LogP contribution in [0.25, 0.3) is 0 Å². The van der Waals surface area contributed by atoms with Crippen molar-refractivity contribution in [3.63, 3.8) is 0 Å². The highest BCUT2D eigenvalue weighted by atomic mass is 16.5. The molecule has 1 aromatic carbocycles. The summed E-state index contributed by atoms with van der Waals surface area (Å²) in [5, 5.41) is 0. The molecule has 0 aromatic heterocycles. The molecule has 5 heteroatoms. The second-order valence-corrected chi connectivity index (χ2v) is 5.23. The van der Waals surface area contributed by atoms with Crippen LogP contribution in [0.3, 0.4) is 0 Å². The van der Waals surface area contributed by atoms with Gasteiger partial charge >= 0.3 is 0 Å². The Morgan fingerprint density at radius 2 is 2.35 bits per heavy atom. The summed E-state index contributed by atoms with van der Waals surface area (Å²) in [5.74, 6) is 5.52. The zero-order valence-corrected chi connectivity index (χ0v) is 12.0. The molecule has 0 radical (unpaired) electrons. The molecule has 2 rings (SSSR count). The number of carbonyl (C=O) groups excluding carboxylic acids is 1. The Balaban J connectivity index is 1.83. The summed E-state index contributed by atoms with van der Waals surface area (Å²) < 4.78 is 5.73. The second-order valence-electron chi connectivity index (χ2n) is 5.23. The van der Waals surface area contributed by atoms with E-state index in [4.69, 9.17) is 10.6 Å². The van der Waals surface area contributed by atoms with E-state index < -0.39 is 0 Å². The standard InChI is InChI=1S/C15H23N3O2/c1-12-5-2-3-8-18(12)9-10-20-14-7-4-6-13(11-14)15(19)17-16/h4,6-7,11-12H,2-3,5,8-10,16H2,1H3,(H,17,19). The molecule has 0 saturated carbocycles. The largest absolute Gasteiger partial charge is 0.492 e. The summed E-state index contributed by atoms with van der Waals surface area (Å²) in [6.07, 6.45) is 3.87. The minimum absolute atomic E-state index is 0.305. The number of carbonyl (C=O) groups is 1. The summed E-state index contributed by atoms with van der Waals surface area (Å²) in [4.78, 5) is 13.9. The summed E-state index contributed by atoms with van der Waals surface area (Å²) in [5.41, 5.74) is 2.63. The van der Waals surface area contributed by atoms with Crippen LogP contribution in [0.4, 0.5) is 0 Å². The minimum Gasteiger partial charge on any atom is -0.492 e. The number of ether oxygens (including phenoxy) is 1. The van der Waals surface area contributed by atoms with Crippen molar-refractivity contribution in [2.24, 2.45) is 5.84 Å². The summed E-state index contributed by atoms with van der Waals surface area (Å²) in [7, 11) is 0. The second kappa shape index (κ2) is 7.26. The van der Waals surface area contributed by atoms with Crippen LogP contribution in [0.15, 0.2) is 24.3 Å². The third kappa shape index (κ3) is 3.95. The number of nitrogens with one attached hydrogen (secondary N) is 1. The van der Waals surface area contributed by atoms with Gasteiger partial charge in [-0.2, -0.15) is 0 Å². The molecule has 110 valence electrons. The molecule has 5 nitrogen and oxygen atoms in total. The van der Waals surface area contributed by atoms with Gasteiger partial charge in [-0.3, -0.25) is 15.1 Å². The number of amides is 1.